The molecule has 2 aromatic rings. The first-order valence-corrected chi connectivity index (χ1v) is 7.93. The van der Waals surface area contributed by atoms with Crippen LogP contribution in [0.25, 0.3) is 0 Å². The van der Waals surface area contributed by atoms with Crippen LogP contribution in [0.2, 0.25) is 0 Å². The lowest BCUT2D eigenvalue weighted by Gasteiger charge is -2.09. The molecule has 0 spiro atoms. The van der Waals surface area contributed by atoms with E-state index < -0.39 is 15.1 Å². The van der Waals surface area contributed by atoms with E-state index in [1.807, 2.05) is 0 Å². The van der Waals surface area contributed by atoms with Crippen LogP contribution in [-0.2, 0) is 16.8 Å². The summed E-state index contributed by atoms with van der Waals surface area (Å²) in [4.78, 5) is 3.71. The van der Waals surface area contributed by atoms with Gasteiger partial charge in [-0.3, -0.25) is 0 Å². The van der Waals surface area contributed by atoms with Gasteiger partial charge in [0.25, 0.3) is 0 Å². The van der Waals surface area contributed by atoms with Gasteiger partial charge in [0.05, 0.1) is 7.11 Å². The van der Waals surface area contributed by atoms with Crippen molar-refractivity contribution in [1.82, 2.24) is 10.1 Å². The summed E-state index contributed by atoms with van der Waals surface area (Å²) >= 11 is 0. The summed E-state index contributed by atoms with van der Waals surface area (Å²) in [6, 6.07) is 3.46. The molecule has 7 nitrogen and oxygen atoms in total. The van der Waals surface area contributed by atoms with Crippen LogP contribution in [0.1, 0.15) is 30.5 Å². The zero-order chi connectivity index (χ0) is 15.7. The molecule has 118 valence electrons. The van der Waals surface area contributed by atoms with Crippen molar-refractivity contribution in [1.29, 1.82) is 0 Å². The molecular formula is C13H13FN2O5S. The number of hydrogen-bond donors (Lipinski definition) is 0. The van der Waals surface area contributed by atoms with Crippen molar-refractivity contribution >= 4 is 10.2 Å². The molecule has 0 N–H and O–H groups in total. The van der Waals surface area contributed by atoms with Gasteiger partial charge in [-0.25, -0.2) is 0 Å². The Morgan fingerprint density at radius 3 is 2.77 bits per heavy atom. The van der Waals surface area contributed by atoms with Gasteiger partial charge in [0.15, 0.2) is 18.1 Å². The molecule has 0 amide bonds. The molecule has 0 unspecified atom stereocenters. The average molecular weight is 328 g/mol. The summed E-state index contributed by atoms with van der Waals surface area (Å²) in [5.41, 5.74) is 0. The Morgan fingerprint density at radius 1 is 1.36 bits per heavy atom. The number of benzene rings is 1. The van der Waals surface area contributed by atoms with Crippen molar-refractivity contribution in [3.63, 3.8) is 0 Å². The quantitative estimate of drug-likeness (QED) is 0.751. The monoisotopic (exact) mass is 328 g/mol. The summed E-state index contributed by atoms with van der Waals surface area (Å²) in [6.07, 6.45) is 2.10. The predicted molar refractivity (Wildman–Crippen MR) is 71.9 cm³/mol. The first kappa shape index (κ1) is 14.8. The van der Waals surface area contributed by atoms with Crippen LogP contribution in [0.15, 0.2) is 27.6 Å². The van der Waals surface area contributed by atoms with Crippen LogP contribution in [0.3, 0.4) is 0 Å². The van der Waals surface area contributed by atoms with Crippen molar-refractivity contribution in [2.75, 3.05) is 7.11 Å². The molecule has 1 aromatic heterocycles. The van der Waals surface area contributed by atoms with Gasteiger partial charge >= 0.3 is 10.2 Å². The molecule has 1 aliphatic carbocycles. The SMILES string of the molecule is COc1cc(S(=O)(=O)F)ccc1OCc1noc(C2CC2)n1. The van der Waals surface area contributed by atoms with Gasteiger partial charge in [-0.2, -0.15) is 13.4 Å². The third-order valence-electron chi connectivity index (χ3n) is 3.18. The maximum absolute atomic E-state index is 12.9. The second-order valence-corrected chi connectivity index (χ2v) is 6.21. The normalized spacial score (nSPS) is 14.8. The molecule has 22 heavy (non-hydrogen) atoms. The summed E-state index contributed by atoms with van der Waals surface area (Å²) in [5, 5.41) is 3.80. The first-order valence-electron chi connectivity index (χ1n) is 6.55. The van der Waals surface area contributed by atoms with Crippen LogP contribution in [0.4, 0.5) is 3.89 Å². The minimum Gasteiger partial charge on any atom is -0.493 e. The minimum absolute atomic E-state index is 0.0360. The number of rotatable bonds is 6. The van der Waals surface area contributed by atoms with Gasteiger partial charge in [-0.1, -0.05) is 5.16 Å². The molecule has 1 saturated carbocycles. The number of nitrogens with zero attached hydrogens (tertiary/aromatic N) is 2. The highest BCUT2D eigenvalue weighted by Gasteiger charge is 2.29. The molecule has 1 aromatic carbocycles. The summed E-state index contributed by atoms with van der Waals surface area (Å²) in [6.45, 7) is 0.0360. The van der Waals surface area contributed by atoms with Crippen molar-refractivity contribution in [3.05, 3.63) is 29.9 Å². The Bertz CT molecular complexity index is 785. The summed E-state index contributed by atoms with van der Waals surface area (Å²) in [7, 11) is -3.46. The Kier molecular flexibility index (Phi) is 3.73. The van der Waals surface area contributed by atoms with E-state index in [1.54, 1.807) is 0 Å². The van der Waals surface area contributed by atoms with Crippen molar-refractivity contribution in [3.8, 4) is 11.5 Å². The van der Waals surface area contributed by atoms with Gasteiger partial charge < -0.3 is 14.0 Å². The molecule has 3 rings (SSSR count). The lowest BCUT2D eigenvalue weighted by molar-refractivity contribution is 0.268. The predicted octanol–water partition coefficient (Wildman–Crippen LogP) is 2.19. The number of aromatic nitrogens is 2. The van der Waals surface area contributed by atoms with Gasteiger partial charge in [0.1, 0.15) is 4.90 Å². The van der Waals surface area contributed by atoms with Gasteiger partial charge in [-0.05, 0) is 25.0 Å². The maximum atomic E-state index is 12.9. The Balaban J connectivity index is 1.73. The van der Waals surface area contributed by atoms with E-state index in [0.29, 0.717) is 17.6 Å². The number of methoxy groups -OCH3 is 1. The van der Waals surface area contributed by atoms with Gasteiger partial charge in [0, 0.05) is 12.0 Å². The van der Waals surface area contributed by atoms with E-state index in [9.17, 15) is 12.3 Å². The van der Waals surface area contributed by atoms with Crippen molar-refractivity contribution < 1.29 is 26.3 Å². The maximum Gasteiger partial charge on any atom is 0.332 e. The molecule has 0 aliphatic heterocycles. The zero-order valence-corrected chi connectivity index (χ0v) is 12.5. The van der Waals surface area contributed by atoms with E-state index in [1.165, 1.54) is 13.2 Å². The fourth-order valence-corrected chi connectivity index (χ4v) is 2.36. The Labute approximate surface area is 126 Å². The van der Waals surface area contributed by atoms with Crippen molar-refractivity contribution in [2.24, 2.45) is 0 Å². The smallest absolute Gasteiger partial charge is 0.332 e. The van der Waals surface area contributed by atoms with E-state index >= 15 is 0 Å². The van der Waals surface area contributed by atoms with Crippen LogP contribution in [0, 0.1) is 0 Å². The third-order valence-corrected chi connectivity index (χ3v) is 4.00. The van der Waals surface area contributed by atoms with Gasteiger partial charge in [-0.15, -0.1) is 3.89 Å². The summed E-state index contributed by atoms with van der Waals surface area (Å²) < 4.78 is 50.3. The Hall–Kier alpha value is -2.16. The van der Waals surface area contributed by atoms with Crippen LogP contribution in [0.5, 0.6) is 11.5 Å². The second kappa shape index (κ2) is 5.56. The van der Waals surface area contributed by atoms with E-state index in [4.69, 9.17) is 14.0 Å². The minimum atomic E-state index is -4.79. The Morgan fingerprint density at radius 2 is 2.14 bits per heavy atom. The average Bonchev–Trinajstić information content (AvgIpc) is 3.23. The number of hydrogen-bond acceptors (Lipinski definition) is 7. The fourth-order valence-electron chi connectivity index (χ4n) is 1.88. The highest BCUT2D eigenvalue weighted by Crippen LogP contribution is 2.39. The van der Waals surface area contributed by atoms with E-state index in [2.05, 4.69) is 10.1 Å². The van der Waals surface area contributed by atoms with Gasteiger partial charge in [0.2, 0.25) is 11.7 Å². The molecule has 0 bridgehead atoms. The van der Waals surface area contributed by atoms with Crippen LogP contribution < -0.4 is 9.47 Å². The molecule has 0 radical (unpaired) electrons. The topological polar surface area (TPSA) is 91.5 Å². The van der Waals surface area contributed by atoms with E-state index in [0.717, 1.165) is 25.0 Å². The molecule has 1 heterocycles. The third kappa shape index (κ3) is 3.19. The zero-order valence-electron chi connectivity index (χ0n) is 11.7. The van der Waals surface area contributed by atoms with Crippen LogP contribution >= 0.6 is 0 Å². The van der Waals surface area contributed by atoms with Crippen LogP contribution in [-0.4, -0.2) is 25.7 Å². The number of ether oxygens (including phenoxy) is 2. The molecule has 1 aliphatic rings. The second-order valence-electron chi connectivity index (χ2n) is 4.86. The highest BCUT2D eigenvalue weighted by atomic mass is 32.3. The molecular weight excluding hydrogens is 315 g/mol. The lowest BCUT2D eigenvalue weighted by Crippen LogP contribution is -2.01. The summed E-state index contributed by atoms with van der Waals surface area (Å²) in [5.74, 6) is 1.69. The first-order chi connectivity index (χ1) is 10.5. The highest BCUT2D eigenvalue weighted by molar-refractivity contribution is 7.86. The fraction of sp³-hybridized carbons (Fsp3) is 0.385. The number of halogens is 1. The standard InChI is InChI=1S/C13H13FN2O5S/c1-19-11-6-9(22(14,17)18)4-5-10(11)20-7-12-15-13(21-16-12)8-2-3-8/h4-6,8H,2-3,7H2,1H3. The molecule has 1 fully saturated rings. The molecule has 0 atom stereocenters. The molecule has 9 heteroatoms. The lowest BCUT2D eigenvalue weighted by atomic mass is 10.3. The largest absolute Gasteiger partial charge is 0.493 e. The van der Waals surface area contributed by atoms with E-state index in [-0.39, 0.29) is 18.1 Å². The molecule has 0 saturated heterocycles. The van der Waals surface area contributed by atoms with Crippen molar-refractivity contribution in [2.45, 2.75) is 30.3 Å².